The van der Waals surface area contributed by atoms with Crippen LogP contribution in [0.5, 0.6) is 0 Å². The third-order valence-electron chi connectivity index (χ3n) is 3.38. The van der Waals surface area contributed by atoms with E-state index >= 15 is 0 Å². The maximum atomic E-state index is 6.19. The lowest BCUT2D eigenvalue weighted by molar-refractivity contribution is 0.629. The van der Waals surface area contributed by atoms with Gasteiger partial charge in [0.15, 0.2) is 10.9 Å². The first kappa shape index (κ1) is 13.4. The van der Waals surface area contributed by atoms with E-state index in [4.69, 9.17) is 27.6 Å². The van der Waals surface area contributed by atoms with E-state index in [0.29, 0.717) is 26.8 Å². The minimum absolute atomic E-state index is 0.380. The number of fused-ring (bicyclic) bond motifs is 2. The molecule has 1 atom stereocenters. The van der Waals surface area contributed by atoms with Crippen molar-refractivity contribution in [1.82, 2.24) is 9.66 Å². The highest BCUT2D eigenvalue weighted by atomic mass is 35.5. The van der Waals surface area contributed by atoms with Gasteiger partial charge in [-0.05, 0) is 18.6 Å². The third kappa shape index (κ3) is 2.20. The van der Waals surface area contributed by atoms with Crippen LogP contribution in [0.2, 0.25) is 10.0 Å². The SMILES string of the molecule is CCC1Nn2cc(-c3cc4c(Cl)cc(Cl)cc4o3)nc2S1. The van der Waals surface area contributed by atoms with Gasteiger partial charge in [0, 0.05) is 16.5 Å². The van der Waals surface area contributed by atoms with Gasteiger partial charge in [-0.1, -0.05) is 41.9 Å². The Bertz CT molecular complexity index is 819. The molecule has 1 aromatic carbocycles. The highest BCUT2D eigenvalue weighted by Crippen LogP contribution is 2.36. The van der Waals surface area contributed by atoms with Gasteiger partial charge in [0.2, 0.25) is 0 Å². The highest BCUT2D eigenvalue weighted by molar-refractivity contribution is 8.00. The lowest BCUT2D eigenvalue weighted by Crippen LogP contribution is -2.16. The third-order valence-corrected chi connectivity index (χ3v) is 5.13. The van der Waals surface area contributed by atoms with E-state index in [0.717, 1.165) is 22.7 Å². The molecule has 1 N–H and O–H groups in total. The van der Waals surface area contributed by atoms with Crippen LogP contribution in [0.1, 0.15) is 13.3 Å². The van der Waals surface area contributed by atoms with Crippen LogP contribution >= 0.6 is 35.0 Å². The van der Waals surface area contributed by atoms with Gasteiger partial charge in [-0.3, -0.25) is 0 Å². The number of rotatable bonds is 2. The van der Waals surface area contributed by atoms with Gasteiger partial charge >= 0.3 is 0 Å². The molecule has 3 heterocycles. The molecule has 1 unspecified atom stereocenters. The van der Waals surface area contributed by atoms with Crippen molar-refractivity contribution in [1.29, 1.82) is 0 Å². The number of nitrogens with zero attached hydrogens (tertiary/aromatic N) is 2. The van der Waals surface area contributed by atoms with E-state index in [-0.39, 0.29) is 0 Å². The second kappa shape index (κ2) is 4.87. The Kier molecular flexibility index (Phi) is 3.10. The molecule has 0 amide bonds. The quantitative estimate of drug-likeness (QED) is 0.714. The molecule has 0 bridgehead atoms. The first-order chi connectivity index (χ1) is 10.1. The summed E-state index contributed by atoms with van der Waals surface area (Å²) in [4.78, 5) is 4.60. The van der Waals surface area contributed by atoms with Crippen LogP contribution < -0.4 is 5.43 Å². The van der Waals surface area contributed by atoms with Crippen molar-refractivity contribution in [2.24, 2.45) is 0 Å². The Morgan fingerprint density at radius 2 is 2.24 bits per heavy atom. The van der Waals surface area contributed by atoms with E-state index in [9.17, 15) is 0 Å². The molecule has 0 aliphatic carbocycles. The van der Waals surface area contributed by atoms with Crippen LogP contribution in [0, 0.1) is 0 Å². The molecule has 0 fully saturated rings. The largest absolute Gasteiger partial charge is 0.454 e. The van der Waals surface area contributed by atoms with Crippen molar-refractivity contribution in [3.63, 3.8) is 0 Å². The number of hydrogen-bond donors (Lipinski definition) is 1. The lowest BCUT2D eigenvalue weighted by atomic mass is 10.2. The summed E-state index contributed by atoms with van der Waals surface area (Å²) in [5, 5.41) is 3.31. The minimum atomic E-state index is 0.380. The highest BCUT2D eigenvalue weighted by Gasteiger charge is 2.23. The fourth-order valence-corrected chi connectivity index (χ4v) is 3.82. The summed E-state index contributed by atoms with van der Waals surface area (Å²) in [6.07, 6.45) is 2.98. The van der Waals surface area contributed by atoms with Crippen LogP contribution in [0.25, 0.3) is 22.4 Å². The van der Waals surface area contributed by atoms with Crippen LogP contribution in [0.3, 0.4) is 0 Å². The topological polar surface area (TPSA) is 43.0 Å². The molecule has 7 heteroatoms. The molecule has 21 heavy (non-hydrogen) atoms. The molecule has 4 rings (SSSR count). The molecule has 0 radical (unpaired) electrons. The number of halogens is 2. The van der Waals surface area contributed by atoms with Gasteiger partial charge in [0.25, 0.3) is 0 Å². The van der Waals surface area contributed by atoms with Crippen molar-refractivity contribution in [3.8, 4) is 11.5 Å². The Hall–Kier alpha value is -1.30. The van der Waals surface area contributed by atoms with Gasteiger partial charge < -0.3 is 9.84 Å². The van der Waals surface area contributed by atoms with Crippen LogP contribution in [-0.2, 0) is 0 Å². The zero-order chi connectivity index (χ0) is 14.6. The van der Waals surface area contributed by atoms with E-state index < -0.39 is 0 Å². The fraction of sp³-hybridized carbons (Fsp3) is 0.214. The Morgan fingerprint density at radius 3 is 3.00 bits per heavy atom. The van der Waals surface area contributed by atoms with Gasteiger partial charge in [-0.2, -0.15) is 0 Å². The number of thioether (sulfide) groups is 1. The standard InChI is InChI=1S/C14H11Cl2N3OS/c1-2-13-18-19-6-10(17-14(19)21-13)12-5-8-9(16)3-7(15)4-11(8)20-12/h3-6,13,18H,2H2,1H3. The van der Waals surface area contributed by atoms with Crippen LogP contribution in [0.4, 0.5) is 0 Å². The monoisotopic (exact) mass is 339 g/mol. The molecular formula is C14H11Cl2N3OS. The number of hydrogen-bond acceptors (Lipinski definition) is 4. The summed E-state index contributed by atoms with van der Waals surface area (Å²) in [6, 6.07) is 5.37. The summed E-state index contributed by atoms with van der Waals surface area (Å²) in [7, 11) is 0. The summed E-state index contributed by atoms with van der Waals surface area (Å²) in [5.74, 6) is 0.687. The Labute approximate surface area is 135 Å². The predicted octanol–water partition coefficient (Wildman–Crippen LogP) is 4.99. The predicted molar refractivity (Wildman–Crippen MR) is 86.8 cm³/mol. The van der Waals surface area contributed by atoms with Gasteiger partial charge in [0.05, 0.1) is 16.6 Å². The first-order valence-corrected chi connectivity index (χ1v) is 8.19. The average molecular weight is 340 g/mol. The van der Waals surface area contributed by atoms with E-state index in [1.165, 1.54) is 0 Å². The molecule has 1 aliphatic heterocycles. The zero-order valence-electron chi connectivity index (χ0n) is 11.1. The summed E-state index contributed by atoms with van der Waals surface area (Å²) < 4.78 is 7.76. The second-order valence-electron chi connectivity index (χ2n) is 4.83. The summed E-state index contributed by atoms with van der Waals surface area (Å²) >= 11 is 13.9. The number of imidazole rings is 1. The summed E-state index contributed by atoms with van der Waals surface area (Å²) in [5.41, 5.74) is 4.81. The van der Waals surface area contributed by atoms with Gasteiger partial charge in [0.1, 0.15) is 11.3 Å². The Morgan fingerprint density at radius 1 is 1.38 bits per heavy atom. The maximum absolute atomic E-state index is 6.19. The molecule has 4 nitrogen and oxygen atoms in total. The molecule has 0 saturated carbocycles. The number of furan rings is 1. The first-order valence-electron chi connectivity index (χ1n) is 6.55. The van der Waals surface area contributed by atoms with E-state index in [1.54, 1.807) is 23.9 Å². The molecule has 3 aromatic rings. The smallest absolute Gasteiger partial charge is 0.189 e. The van der Waals surface area contributed by atoms with E-state index in [2.05, 4.69) is 17.3 Å². The number of benzene rings is 1. The second-order valence-corrected chi connectivity index (χ2v) is 6.85. The number of nitrogens with one attached hydrogen (secondary N) is 1. The lowest BCUT2D eigenvalue weighted by Gasteiger charge is -2.05. The molecule has 0 saturated heterocycles. The average Bonchev–Trinajstić information content (AvgIpc) is 3.08. The van der Waals surface area contributed by atoms with Crippen molar-refractivity contribution in [3.05, 3.63) is 34.4 Å². The van der Waals surface area contributed by atoms with Crippen LogP contribution in [-0.4, -0.2) is 15.0 Å². The molecule has 2 aromatic heterocycles. The molecule has 108 valence electrons. The van der Waals surface area contributed by atoms with Crippen LogP contribution in [0.15, 0.2) is 34.0 Å². The minimum Gasteiger partial charge on any atom is -0.454 e. The van der Waals surface area contributed by atoms with Crippen molar-refractivity contribution < 1.29 is 4.42 Å². The van der Waals surface area contributed by atoms with Crippen molar-refractivity contribution in [2.45, 2.75) is 23.9 Å². The fourth-order valence-electron chi connectivity index (χ4n) is 2.33. The normalized spacial score (nSPS) is 17.2. The molecule has 0 spiro atoms. The van der Waals surface area contributed by atoms with Gasteiger partial charge in [-0.25, -0.2) is 9.66 Å². The molecule has 1 aliphatic rings. The van der Waals surface area contributed by atoms with Crippen molar-refractivity contribution in [2.75, 3.05) is 5.43 Å². The van der Waals surface area contributed by atoms with Gasteiger partial charge in [-0.15, -0.1) is 0 Å². The maximum Gasteiger partial charge on any atom is 0.189 e. The van der Waals surface area contributed by atoms with E-state index in [1.807, 2.05) is 16.9 Å². The number of aromatic nitrogens is 2. The molecular weight excluding hydrogens is 329 g/mol. The van der Waals surface area contributed by atoms with Crippen molar-refractivity contribution >= 4 is 45.9 Å². The summed E-state index contributed by atoms with van der Waals surface area (Å²) in [6.45, 7) is 2.14. The Balaban J connectivity index is 1.76. The zero-order valence-corrected chi connectivity index (χ0v) is 13.4.